The molecule has 4 aromatic rings. The van der Waals surface area contributed by atoms with E-state index in [4.69, 9.17) is 4.74 Å². The number of nitrogens with zero attached hydrogens (tertiary/aromatic N) is 3. The standard InChI is InChI=1S/C24H26FN5O3S/c1-15-11-17(5-8-22(15)34(31,32)26-3)20-13-23(29-14-28-20)27-9-10-30-16(2)12-18-21(33-4)7-6-19(25)24(18)30/h5-8,11-14,26H,9-10H2,1-4H3,(H,27,28,29). The van der Waals surface area contributed by atoms with E-state index in [9.17, 15) is 12.8 Å². The Morgan fingerprint density at radius 1 is 1.09 bits per heavy atom. The van der Waals surface area contributed by atoms with E-state index in [-0.39, 0.29) is 10.7 Å². The van der Waals surface area contributed by atoms with Crippen molar-refractivity contribution in [2.75, 3.05) is 26.0 Å². The lowest BCUT2D eigenvalue weighted by Crippen LogP contribution is -2.19. The van der Waals surface area contributed by atoms with Gasteiger partial charge in [0.05, 0.1) is 23.2 Å². The summed E-state index contributed by atoms with van der Waals surface area (Å²) in [6, 6.07) is 11.8. The number of anilines is 1. The fourth-order valence-corrected chi connectivity index (χ4v) is 4.98. The number of sulfonamides is 1. The third-order valence-corrected chi connectivity index (χ3v) is 7.31. The van der Waals surface area contributed by atoms with Crippen molar-refractivity contribution in [1.29, 1.82) is 0 Å². The van der Waals surface area contributed by atoms with Crippen LogP contribution in [0.3, 0.4) is 0 Å². The SMILES string of the molecule is CNS(=O)(=O)c1ccc(-c2cc(NCCn3c(C)cc4c(OC)ccc(F)c43)ncn2)cc1C. The van der Waals surface area contributed by atoms with Gasteiger partial charge in [-0.3, -0.25) is 0 Å². The lowest BCUT2D eigenvalue weighted by Gasteiger charge is -2.12. The van der Waals surface area contributed by atoms with Gasteiger partial charge in [0.25, 0.3) is 0 Å². The Morgan fingerprint density at radius 2 is 1.88 bits per heavy atom. The van der Waals surface area contributed by atoms with Gasteiger partial charge in [0, 0.05) is 35.8 Å². The summed E-state index contributed by atoms with van der Waals surface area (Å²) >= 11 is 0. The fourth-order valence-electron chi connectivity index (χ4n) is 4.03. The Morgan fingerprint density at radius 3 is 2.59 bits per heavy atom. The van der Waals surface area contributed by atoms with Crippen LogP contribution in [0.5, 0.6) is 5.75 Å². The predicted molar refractivity (Wildman–Crippen MR) is 130 cm³/mol. The van der Waals surface area contributed by atoms with Gasteiger partial charge in [-0.2, -0.15) is 0 Å². The van der Waals surface area contributed by atoms with Crippen molar-refractivity contribution in [3.8, 4) is 17.0 Å². The summed E-state index contributed by atoms with van der Waals surface area (Å²) in [5.74, 6) is 0.949. The summed E-state index contributed by atoms with van der Waals surface area (Å²) in [5, 5.41) is 4.00. The summed E-state index contributed by atoms with van der Waals surface area (Å²) < 4.78 is 48.4. The first-order valence-corrected chi connectivity index (χ1v) is 12.2. The van der Waals surface area contributed by atoms with Crippen LogP contribution in [-0.4, -0.2) is 43.7 Å². The molecule has 2 N–H and O–H groups in total. The van der Waals surface area contributed by atoms with Crippen LogP contribution in [0.1, 0.15) is 11.3 Å². The molecule has 10 heteroatoms. The molecule has 0 radical (unpaired) electrons. The molecule has 0 saturated heterocycles. The third kappa shape index (κ3) is 4.46. The first-order chi connectivity index (χ1) is 16.2. The van der Waals surface area contributed by atoms with Gasteiger partial charge in [-0.1, -0.05) is 6.07 Å². The lowest BCUT2D eigenvalue weighted by atomic mass is 10.1. The normalized spacial score (nSPS) is 11.7. The first kappa shape index (κ1) is 23.7. The van der Waals surface area contributed by atoms with Gasteiger partial charge in [0.1, 0.15) is 23.7 Å². The van der Waals surface area contributed by atoms with E-state index in [1.807, 2.05) is 17.6 Å². The van der Waals surface area contributed by atoms with Gasteiger partial charge < -0.3 is 14.6 Å². The summed E-state index contributed by atoms with van der Waals surface area (Å²) in [4.78, 5) is 8.82. The van der Waals surface area contributed by atoms with Crippen LogP contribution >= 0.6 is 0 Å². The Hall–Kier alpha value is -3.50. The molecule has 4 rings (SSSR count). The van der Waals surface area contributed by atoms with Gasteiger partial charge >= 0.3 is 0 Å². The number of fused-ring (bicyclic) bond motifs is 1. The molecule has 8 nitrogen and oxygen atoms in total. The number of nitrogens with one attached hydrogen (secondary N) is 2. The van der Waals surface area contributed by atoms with E-state index in [2.05, 4.69) is 20.0 Å². The Kier molecular flexibility index (Phi) is 6.54. The summed E-state index contributed by atoms with van der Waals surface area (Å²) in [5.41, 5.74) is 3.49. The summed E-state index contributed by atoms with van der Waals surface area (Å²) in [6.45, 7) is 4.71. The van der Waals surface area contributed by atoms with E-state index < -0.39 is 10.0 Å². The number of benzene rings is 2. The lowest BCUT2D eigenvalue weighted by molar-refractivity contribution is 0.419. The molecule has 0 bridgehead atoms. The molecule has 178 valence electrons. The predicted octanol–water partition coefficient (Wildman–Crippen LogP) is 3.88. The van der Waals surface area contributed by atoms with Crippen LogP contribution in [-0.2, 0) is 16.6 Å². The average Bonchev–Trinajstić information content (AvgIpc) is 3.16. The summed E-state index contributed by atoms with van der Waals surface area (Å²) in [7, 11) is -0.574. The molecule has 0 saturated carbocycles. The highest BCUT2D eigenvalue weighted by molar-refractivity contribution is 7.89. The van der Waals surface area contributed by atoms with Crippen molar-refractivity contribution >= 4 is 26.7 Å². The number of hydrogen-bond donors (Lipinski definition) is 2. The molecule has 0 fully saturated rings. The van der Waals surface area contributed by atoms with E-state index in [0.29, 0.717) is 41.4 Å². The number of aryl methyl sites for hydroxylation is 2. The van der Waals surface area contributed by atoms with Crippen LogP contribution in [0.2, 0.25) is 0 Å². The second-order valence-corrected chi connectivity index (χ2v) is 9.71. The van der Waals surface area contributed by atoms with Gasteiger partial charge in [0.2, 0.25) is 10.0 Å². The minimum Gasteiger partial charge on any atom is -0.496 e. The van der Waals surface area contributed by atoms with E-state index in [1.165, 1.54) is 19.4 Å². The zero-order valence-corrected chi connectivity index (χ0v) is 20.2. The van der Waals surface area contributed by atoms with Crippen molar-refractivity contribution in [2.45, 2.75) is 25.3 Å². The maximum Gasteiger partial charge on any atom is 0.240 e. The van der Waals surface area contributed by atoms with Crippen LogP contribution in [0.25, 0.3) is 22.2 Å². The topological polar surface area (TPSA) is 98.1 Å². The molecule has 0 spiro atoms. The van der Waals surface area contributed by atoms with Gasteiger partial charge in [-0.15, -0.1) is 0 Å². The Bertz CT molecular complexity index is 1470. The second-order valence-electron chi connectivity index (χ2n) is 7.85. The quantitative estimate of drug-likeness (QED) is 0.395. The molecule has 2 heterocycles. The minimum atomic E-state index is -3.53. The molecule has 0 aliphatic carbocycles. The Labute approximate surface area is 197 Å². The highest BCUT2D eigenvalue weighted by Gasteiger charge is 2.16. The fraction of sp³-hybridized carbons (Fsp3) is 0.250. The number of aromatic nitrogens is 3. The van der Waals surface area contributed by atoms with Gasteiger partial charge in [0.15, 0.2) is 0 Å². The van der Waals surface area contributed by atoms with Crippen LogP contribution < -0.4 is 14.8 Å². The molecule has 0 aliphatic rings. The van der Waals surface area contributed by atoms with E-state index >= 15 is 0 Å². The number of rotatable bonds is 8. The van der Waals surface area contributed by atoms with Crippen LogP contribution in [0.4, 0.5) is 10.2 Å². The molecule has 2 aromatic carbocycles. The van der Waals surface area contributed by atoms with Crippen molar-refractivity contribution in [3.05, 3.63) is 65.9 Å². The van der Waals surface area contributed by atoms with Gasteiger partial charge in [-0.25, -0.2) is 27.5 Å². The van der Waals surface area contributed by atoms with E-state index in [1.54, 1.807) is 44.4 Å². The maximum atomic E-state index is 14.6. The largest absolute Gasteiger partial charge is 0.496 e. The van der Waals surface area contributed by atoms with Crippen LogP contribution in [0.15, 0.2) is 53.7 Å². The average molecular weight is 484 g/mol. The summed E-state index contributed by atoms with van der Waals surface area (Å²) in [6.07, 6.45) is 1.45. The number of methoxy groups -OCH3 is 1. The van der Waals surface area contributed by atoms with Crippen molar-refractivity contribution in [3.63, 3.8) is 0 Å². The van der Waals surface area contributed by atoms with Gasteiger partial charge in [-0.05, 0) is 56.8 Å². The second kappa shape index (κ2) is 9.40. The molecule has 0 atom stereocenters. The highest BCUT2D eigenvalue weighted by atomic mass is 32.2. The smallest absolute Gasteiger partial charge is 0.240 e. The third-order valence-electron chi connectivity index (χ3n) is 5.73. The minimum absolute atomic E-state index is 0.226. The molecular weight excluding hydrogens is 457 g/mol. The molecule has 34 heavy (non-hydrogen) atoms. The van der Waals surface area contributed by atoms with Crippen molar-refractivity contribution in [2.24, 2.45) is 0 Å². The monoisotopic (exact) mass is 483 g/mol. The number of ether oxygens (including phenoxy) is 1. The zero-order chi connectivity index (χ0) is 24.5. The zero-order valence-electron chi connectivity index (χ0n) is 19.4. The molecule has 0 unspecified atom stereocenters. The van der Waals surface area contributed by atoms with Crippen molar-refractivity contribution < 1.29 is 17.5 Å². The number of halogens is 1. The van der Waals surface area contributed by atoms with Crippen LogP contribution in [0, 0.1) is 19.7 Å². The molecular formula is C24H26FN5O3S. The maximum absolute atomic E-state index is 14.6. The number of hydrogen-bond acceptors (Lipinski definition) is 6. The molecule has 0 amide bonds. The molecule has 0 aliphatic heterocycles. The van der Waals surface area contributed by atoms with Crippen molar-refractivity contribution in [1.82, 2.24) is 19.3 Å². The Balaban J connectivity index is 1.53. The highest BCUT2D eigenvalue weighted by Crippen LogP contribution is 2.31. The van der Waals surface area contributed by atoms with E-state index in [0.717, 1.165) is 16.6 Å². The first-order valence-electron chi connectivity index (χ1n) is 10.7. The molecule has 2 aromatic heterocycles.